The number of carbonyl (C=O) groups is 1. The quantitative estimate of drug-likeness (QED) is 0.472. The van der Waals surface area contributed by atoms with Gasteiger partial charge in [0.2, 0.25) is 0 Å². The van der Waals surface area contributed by atoms with Gasteiger partial charge in [0.1, 0.15) is 0 Å². The minimum absolute atomic E-state index is 0.0194. The van der Waals surface area contributed by atoms with Crippen molar-refractivity contribution in [3.63, 3.8) is 0 Å². The second kappa shape index (κ2) is 5.63. The molecule has 0 radical (unpaired) electrons. The van der Waals surface area contributed by atoms with Gasteiger partial charge < -0.3 is 4.74 Å². The lowest BCUT2D eigenvalue weighted by atomic mass is 10.1. The molecule has 0 aliphatic rings. The van der Waals surface area contributed by atoms with Crippen LogP contribution in [0.4, 0.5) is 5.69 Å². The van der Waals surface area contributed by atoms with Gasteiger partial charge >= 0.3 is 5.97 Å². The molecule has 0 aliphatic carbocycles. The largest absolute Gasteiger partial charge is 0.466 e. The van der Waals surface area contributed by atoms with Gasteiger partial charge in [-0.3, -0.25) is 14.9 Å². The number of benzene rings is 1. The second-order valence-electron chi connectivity index (χ2n) is 3.47. The Bertz CT molecular complexity index is 459. The Morgan fingerprint density at radius 2 is 2.18 bits per heavy atom. The molecule has 0 saturated heterocycles. The fourth-order valence-corrected chi connectivity index (χ4v) is 1.66. The van der Waals surface area contributed by atoms with Crippen molar-refractivity contribution in [2.75, 3.05) is 6.61 Å². The van der Waals surface area contributed by atoms with E-state index < -0.39 is 10.9 Å². The summed E-state index contributed by atoms with van der Waals surface area (Å²) in [5.74, 6) is -0.400. The molecule has 0 atom stereocenters. The van der Waals surface area contributed by atoms with Gasteiger partial charge in [-0.2, -0.15) is 0 Å². The summed E-state index contributed by atoms with van der Waals surface area (Å²) in [6.07, 6.45) is 0.0194. The van der Waals surface area contributed by atoms with Gasteiger partial charge in [0.05, 0.1) is 23.0 Å². The fraction of sp³-hybridized carbons (Fsp3) is 0.364. The Morgan fingerprint density at radius 3 is 2.71 bits per heavy atom. The third-order valence-corrected chi connectivity index (χ3v) is 2.55. The number of nitro benzene ring substituents is 1. The van der Waals surface area contributed by atoms with Crippen molar-refractivity contribution in [3.8, 4) is 0 Å². The molecule has 0 spiro atoms. The average molecular weight is 258 g/mol. The zero-order valence-electron chi connectivity index (χ0n) is 9.53. The Labute approximate surface area is 103 Å². The van der Waals surface area contributed by atoms with E-state index in [9.17, 15) is 14.9 Å². The number of ether oxygens (including phenoxy) is 1. The van der Waals surface area contributed by atoms with E-state index in [1.54, 1.807) is 13.8 Å². The third-order valence-electron chi connectivity index (χ3n) is 2.20. The smallest absolute Gasteiger partial charge is 0.310 e. The maximum absolute atomic E-state index is 11.3. The summed E-state index contributed by atoms with van der Waals surface area (Å²) in [5, 5.41) is 10.9. The molecule has 6 heteroatoms. The average Bonchev–Trinajstić information content (AvgIpc) is 2.22. The molecule has 1 rings (SSSR count). The van der Waals surface area contributed by atoms with Crippen LogP contribution < -0.4 is 0 Å². The highest BCUT2D eigenvalue weighted by Crippen LogP contribution is 2.27. The van der Waals surface area contributed by atoms with E-state index in [4.69, 9.17) is 16.3 Å². The van der Waals surface area contributed by atoms with E-state index in [-0.39, 0.29) is 17.1 Å². The highest BCUT2D eigenvalue weighted by molar-refractivity contribution is 6.31. The van der Waals surface area contributed by atoms with Gasteiger partial charge in [-0.05, 0) is 25.5 Å². The van der Waals surface area contributed by atoms with Crippen LogP contribution in [0.1, 0.15) is 18.1 Å². The topological polar surface area (TPSA) is 69.4 Å². The molecule has 0 bridgehead atoms. The third kappa shape index (κ3) is 3.42. The summed E-state index contributed by atoms with van der Waals surface area (Å²) in [6.45, 7) is 3.60. The number of hydrogen-bond donors (Lipinski definition) is 0. The first-order valence-electron chi connectivity index (χ1n) is 5.04. The van der Waals surface area contributed by atoms with Gasteiger partial charge in [-0.25, -0.2) is 0 Å². The van der Waals surface area contributed by atoms with Crippen molar-refractivity contribution in [1.29, 1.82) is 0 Å². The molecular weight excluding hydrogens is 246 g/mol. The van der Waals surface area contributed by atoms with Crippen molar-refractivity contribution in [1.82, 2.24) is 0 Å². The lowest BCUT2D eigenvalue weighted by Crippen LogP contribution is -2.08. The van der Waals surface area contributed by atoms with Gasteiger partial charge in [0.15, 0.2) is 0 Å². The SMILES string of the molecule is CCOC(=O)Cc1cc(C)c([N+](=O)[O-])cc1Cl. The van der Waals surface area contributed by atoms with Gasteiger partial charge in [0.25, 0.3) is 5.69 Å². The van der Waals surface area contributed by atoms with Gasteiger partial charge in [0, 0.05) is 11.6 Å². The predicted octanol–water partition coefficient (Wildman–Crippen LogP) is 2.66. The maximum Gasteiger partial charge on any atom is 0.310 e. The highest BCUT2D eigenvalue weighted by Gasteiger charge is 2.16. The standard InChI is InChI=1S/C11H12ClNO4/c1-3-17-11(14)5-8-4-7(2)10(13(15)16)6-9(8)12/h4,6H,3,5H2,1-2H3. The molecule has 0 saturated carbocycles. The van der Waals surface area contributed by atoms with Crippen LogP contribution in [0.3, 0.4) is 0 Å². The lowest BCUT2D eigenvalue weighted by molar-refractivity contribution is -0.385. The maximum atomic E-state index is 11.3. The summed E-state index contributed by atoms with van der Waals surface area (Å²) in [5.41, 5.74) is 0.953. The van der Waals surface area contributed by atoms with E-state index in [0.717, 1.165) is 0 Å². The number of esters is 1. The molecule has 0 fully saturated rings. The van der Waals surface area contributed by atoms with E-state index in [1.807, 2.05) is 0 Å². The number of nitro groups is 1. The summed E-state index contributed by atoms with van der Waals surface area (Å²) in [6, 6.07) is 2.79. The van der Waals surface area contributed by atoms with E-state index in [2.05, 4.69) is 0 Å². The first-order valence-corrected chi connectivity index (χ1v) is 5.42. The van der Waals surface area contributed by atoms with Gasteiger partial charge in [-0.15, -0.1) is 0 Å². The van der Waals surface area contributed by atoms with Crippen LogP contribution >= 0.6 is 11.6 Å². The number of hydrogen-bond acceptors (Lipinski definition) is 4. The molecule has 0 amide bonds. The first-order chi connectivity index (χ1) is 7.95. The van der Waals surface area contributed by atoms with Crippen LogP contribution in [-0.2, 0) is 16.0 Å². The summed E-state index contributed by atoms with van der Waals surface area (Å²) >= 11 is 5.88. The van der Waals surface area contributed by atoms with Crippen LogP contribution in [0.15, 0.2) is 12.1 Å². The predicted molar refractivity (Wildman–Crippen MR) is 63.2 cm³/mol. The Morgan fingerprint density at radius 1 is 1.53 bits per heavy atom. The molecule has 1 aromatic carbocycles. The normalized spacial score (nSPS) is 10.1. The number of nitrogens with zero attached hydrogens (tertiary/aromatic N) is 1. The van der Waals surface area contributed by atoms with Gasteiger partial charge in [-0.1, -0.05) is 11.6 Å². The molecule has 0 aliphatic heterocycles. The van der Waals surface area contributed by atoms with Crippen molar-refractivity contribution in [2.45, 2.75) is 20.3 Å². The molecule has 17 heavy (non-hydrogen) atoms. The molecule has 0 heterocycles. The second-order valence-corrected chi connectivity index (χ2v) is 3.88. The molecule has 0 aromatic heterocycles. The molecular formula is C11H12ClNO4. The van der Waals surface area contributed by atoms with Crippen LogP contribution in [-0.4, -0.2) is 17.5 Å². The molecule has 92 valence electrons. The lowest BCUT2D eigenvalue weighted by Gasteiger charge is -2.06. The van der Waals surface area contributed by atoms with E-state index in [1.165, 1.54) is 12.1 Å². The summed E-state index contributed by atoms with van der Waals surface area (Å²) < 4.78 is 4.79. The molecule has 1 aromatic rings. The van der Waals surface area contributed by atoms with Crippen LogP contribution in [0, 0.1) is 17.0 Å². The van der Waals surface area contributed by atoms with Crippen LogP contribution in [0.5, 0.6) is 0 Å². The fourth-order valence-electron chi connectivity index (χ4n) is 1.43. The number of halogens is 1. The minimum Gasteiger partial charge on any atom is -0.466 e. The summed E-state index contributed by atoms with van der Waals surface area (Å²) in [4.78, 5) is 21.4. The summed E-state index contributed by atoms with van der Waals surface area (Å²) in [7, 11) is 0. The highest BCUT2D eigenvalue weighted by atomic mass is 35.5. The number of carbonyl (C=O) groups excluding carboxylic acids is 1. The van der Waals surface area contributed by atoms with Crippen molar-refractivity contribution < 1.29 is 14.5 Å². The molecule has 5 nitrogen and oxygen atoms in total. The number of rotatable bonds is 4. The van der Waals surface area contributed by atoms with E-state index >= 15 is 0 Å². The zero-order chi connectivity index (χ0) is 13.0. The monoisotopic (exact) mass is 257 g/mol. The zero-order valence-corrected chi connectivity index (χ0v) is 10.3. The van der Waals surface area contributed by atoms with E-state index in [0.29, 0.717) is 17.7 Å². The van der Waals surface area contributed by atoms with Crippen molar-refractivity contribution in [2.24, 2.45) is 0 Å². The van der Waals surface area contributed by atoms with Crippen molar-refractivity contribution in [3.05, 3.63) is 38.4 Å². The molecule has 0 unspecified atom stereocenters. The van der Waals surface area contributed by atoms with Crippen LogP contribution in [0.2, 0.25) is 5.02 Å². The minimum atomic E-state index is -0.505. The Kier molecular flexibility index (Phi) is 4.45. The van der Waals surface area contributed by atoms with Crippen LogP contribution in [0.25, 0.3) is 0 Å². The number of aryl methyl sites for hydroxylation is 1. The van der Waals surface area contributed by atoms with Crippen molar-refractivity contribution >= 4 is 23.3 Å². The first kappa shape index (κ1) is 13.4. The Balaban J connectivity index is 2.99. The Hall–Kier alpha value is -1.62. The molecule has 0 N–H and O–H groups in total.